The molecule has 8 heavy (non-hydrogen) atoms. The molecule has 0 spiro atoms. The van der Waals surface area contributed by atoms with Crippen LogP contribution >= 0.6 is 0 Å². The first-order chi connectivity index (χ1) is 3.72. The van der Waals surface area contributed by atoms with Crippen LogP contribution in [0.3, 0.4) is 0 Å². The van der Waals surface area contributed by atoms with E-state index in [4.69, 9.17) is 5.11 Å². The summed E-state index contributed by atoms with van der Waals surface area (Å²) in [5.74, 6) is -1.01. The standard InChI is InChI=1S/C4H4O4/c1-8-3(2-5)4(6)7/h1H3,(H,6,7). The van der Waals surface area contributed by atoms with Crippen LogP contribution in [0, 0.1) is 0 Å². The van der Waals surface area contributed by atoms with Gasteiger partial charge < -0.3 is 9.84 Å². The van der Waals surface area contributed by atoms with Crippen molar-refractivity contribution in [3.8, 4) is 0 Å². The van der Waals surface area contributed by atoms with Crippen LogP contribution in [0.25, 0.3) is 0 Å². The summed E-state index contributed by atoms with van der Waals surface area (Å²) in [6, 6.07) is 0. The first-order valence-corrected chi connectivity index (χ1v) is 1.74. The molecule has 0 atom stereocenters. The van der Waals surface area contributed by atoms with Crippen LogP contribution in [0.5, 0.6) is 0 Å². The Morgan fingerprint density at radius 3 is 2.25 bits per heavy atom. The third-order valence-electron chi connectivity index (χ3n) is 0.491. The van der Waals surface area contributed by atoms with Gasteiger partial charge in [-0.2, -0.15) is 0 Å². The van der Waals surface area contributed by atoms with E-state index in [-0.39, 0.29) is 0 Å². The molecule has 44 valence electrons. The summed E-state index contributed by atoms with van der Waals surface area (Å²) in [5, 5.41) is 7.95. The first kappa shape index (κ1) is 6.72. The van der Waals surface area contributed by atoms with Gasteiger partial charge in [-0.05, 0) is 0 Å². The summed E-state index contributed by atoms with van der Waals surface area (Å²) < 4.78 is 4.05. The van der Waals surface area contributed by atoms with Crippen molar-refractivity contribution in [2.75, 3.05) is 7.11 Å². The number of carbonyl (C=O) groups excluding carboxylic acids is 1. The van der Waals surface area contributed by atoms with Gasteiger partial charge in [-0.25, -0.2) is 9.59 Å². The molecule has 0 aliphatic rings. The maximum absolute atomic E-state index is 9.74. The number of methoxy groups -OCH3 is 1. The number of carboxylic acids is 1. The maximum Gasteiger partial charge on any atom is 0.383 e. The Labute approximate surface area is 45.4 Å². The van der Waals surface area contributed by atoms with E-state index >= 15 is 0 Å². The van der Waals surface area contributed by atoms with Crippen LogP contribution in [0.15, 0.2) is 5.76 Å². The number of rotatable bonds is 2. The maximum atomic E-state index is 9.74. The summed E-state index contributed by atoms with van der Waals surface area (Å²) in [6.07, 6.45) is 0. The molecule has 4 nitrogen and oxygen atoms in total. The highest BCUT2D eigenvalue weighted by Crippen LogP contribution is 1.84. The zero-order valence-electron chi connectivity index (χ0n) is 4.17. The second-order valence-corrected chi connectivity index (χ2v) is 0.940. The van der Waals surface area contributed by atoms with Crippen LogP contribution in [0.1, 0.15) is 0 Å². The lowest BCUT2D eigenvalue weighted by Gasteiger charge is -1.89. The van der Waals surface area contributed by atoms with E-state index < -0.39 is 11.7 Å². The van der Waals surface area contributed by atoms with E-state index in [1.165, 1.54) is 0 Å². The van der Waals surface area contributed by atoms with Gasteiger partial charge in [0.2, 0.25) is 0 Å². The lowest BCUT2D eigenvalue weighted by Crippen LogP contribution is -2.02. The molecule has 0 bridgehead atoms. The molecular weight excluding hydrogens is 112 g/mol. The average Bonchev–Trinajstić information content (AvgIpc) is 1.69. The summed E-state index contributed by atoms with van der Waals surface area (Å²) in [5.41, 5.74) is 0. The SMILES string of the molecule is COC(=C=O)C(=O)O. The molecule has 0 unspecified atom stereocenters. The van der Waals surface area contributed by atoms with Gasteiger partial charge in [0, 0.05) is 0 Å². The number of carboxylic acid groups (broad SMARTS) is 1. The molecule has 0 saturated carbocycles. The van der Waals surface area contributed by atoms with Crippen LogP contribution in [0.4, 0.5) is 0 Å². The molecule has 0 rings (SSSR count). The van der Waals surface area contributed by atoms with Crippen LogP contribution in [-0.4, -0.2) is 24.1 Å². The second kappa shape index (κ2) is 2.82. The topological polar surface area (TPSA) is 63.6 Å². The van der Waals surface area contributed by atoms with Gasteiger partial charge in [0.25, 0.3) is 5.76 Å². The quantitative estimate of drug-likeness (QED) is 0.298. The van der Waals surface area contributed by atoms with Crippen molar-refractivity contribution in [1.82, 2.24) is 0 Å². The van der Waals surface area contributed by atoms with E-state index in [0.717, 1.165) is 13.1 Å². The van der Waals surface area contributed by atoms with Gasteiger partial charge in [-0.15, -0.1) is 0 Å². The van der Waals surface area contributed by atoms with Gasteiger partial charge in [-0.3, -0.25) is 0 Å². The highest BCUT2D eigenvalue weighted by atomic mass is 16.5. The summed E-state index contributed by atoms with van der Waals surface area (Å²) >= 11 is 0. The Morgan fingerprint density at radius 2 is 2.25 bits per heavy atom. The minimum Gasteiger partial charge on any atom is -0.482 e. The molecule has 0 aromatic carbocycles. The fourth-order valence-electron chi connectivity index (χ4n) is 0.173. The van der Waals surface area contributed by atoms with Crippen LogP contribution in [-0.2, 0) is 14.3 Å². The number of carbonyl (C=O) groups is 1. The fraction of sp³-hybridized carbons (Fsp3) is 0.250. The normalized spacial score (nSPS) is 7.12. The Bertz CT molecular complexity index is 142. The van der Waals surface area contributed by atoms with Crippen molar-refractivity contribution < 1.29 is 19.4 Å². The zero-order chi connectivity index (χ0) is 6.57. The van der Waals surface area contributed by atoms with E-state index in [9.17, 15) is 9.59 Å². The summed E-state index contributed by atoms with van der Waals surface area (Å²) in [6.45, 7) is 0. The molecule has 0 aromatic heterocycles. The Morgan fingerprint density at radius 1 is 1.75 bits per heavy atom. The van der Waals surface area contributed by atoms with E-state index in [2.05, 4.69) is 4.74 Å². The van der Waals surface area contributed by atoms with E-state index in [1.807, 2.05) is 0 Å². The number of ether oxygens (including phenoxy) is 1. The van der Waals surface area contributed by atoms with Crippen LogP contribution < -0.4 is 0 Å². The molecule has 0 aliphatic carbocycles. The fourth-order valence-corrected chi connectivity index (χ4v) is 0.173. The van der Waals surface area contributed by atoms with Crippen molar-refractivity contribution in [2.24, 2.45) is 0 Å². The first-order valence-electron chi connectivity index (χ1n) is 1.74. The Hall–Kier alpha value is -1.28. The second-order valence-electron chi connectivity index (χ2n) is 0.940. The summed E-state index contributed by atoms with van der Waals surface area (Å²) in [4.78, 5) is 19.2. The molecule has 0 fully saturated rings. The Balaban J connectivity index is 4.14. The predicted molar refractivity (Wildman–Crippen MR) is 23.9 cm³/mol. The molecular formula is C4H4O4. The molecule has 0 saturated heterocycles. The zero-order valence-corrected chi connectivity index (χ0v) is 4.17. The lowest BCUT2D eigenvalue weighted by atomic mass is 10.6. The molecule has 0 radical (unpaired) electrons. The highest BCUT2D eigenvalue weighted by molar-refractivity contribution is 5.92. The average molecular weight is 116 g/mol. The minimum absolute atomic E-state index is 0.704. The predicted octanol–water partition coefficient (Wildman–Crippen LogP) is -0.567. The van der Waals surface area contributed by atoms with E-state index in [0.29, 0.717) is 0 Å². The molecule has 0 aromatic rings. The smallest absolute Gasteiger partial charge is 0.383 e. The molecule has 4 heteroatoms. The third-order valence-corrected chi connectivity index (χ3v) is 0.491. The summed E-state index contributed by atoms with van der Waals surface area (Å²) in [7, 11) is 1.09. The van der Waals surface area contributed by atoms with Crippen molar-refractivity contribution >= 4 is 11.9 Å². The minimum atomic E-state index is -1.40. The molecule has 0 heterocycles. The van der Waals surface area contributed by atoms with Crippen molar-refractivity contribution in [3.05, 3.63) is 5.76 Å². The van der Waals surface area contributed by atoms with Crippen molar-refractivity contribution in [1.29, 1.82) is 0 Å². The van der Waals surface area contributed by atoms with Gasteiger partial charge >= 0.3 is 5.97 Å². The number of aliphatic carboxylic acids is 1. The monoisotopic (exact) mass is 116 g/mol. The van der Waals surface area contributed by atoms with Crippen LogP contribution in [0.2, 0.25) is 0 Å². The highest BCUT2D eigenvalue weighted by Gasteiger charge is 2.05. The lowest BCUT2D eigenvalue weighted by molar-refractivity contribution is -0.135. The van der Waals surface area contributed by atoms with Gasteiger partial charge in [0.1, 0.15) is 0 Å². The van der Waals surface area contributed by atoms with Gasteiger partial charge in [-0.1, -0.05) is 0 Å². The van der Waals surface area contributed by atoms with E-state index in [1.54, 1.807) is 0 Å². The Kier molecular flexibility index (Phi) is 2.37. The molecule has 1 N–H and O–H groups in total. The number of hydrogen-bond donors (Lipinski definition) is 1. The van der Waals surface area contributed by atoms with Gasteiger partial charge in [0.15, 0.2) is 5.94 Å². The van der Waals surface area contributed by atoms with Crippen molar-refractivity contribution in [2.45, 2.75) is 0 Å². The van der Waals surface area contributed by atoms with Gasteiger partial charge in [0.05, 0.1) is 7.11 Å². The number of hydrogen-bond acceptors (Lipinski definition) is 3. The van der Waals surface area contributed by atoms with Crippen molar-refractivity contribution in [3.63, 3.8) is 0 Å². The molecule has 0 amide bonds. The largest absolute Gasteiger partial charge is 0.482 e. The molecule has 0 aliphatic heterocycles. The third kappa shape index (κ3) is 1.45.